The molecule has 0 saturated heterocycles. The Balaban J connectivity index is 2.60. The van der Waals surface area contributed by atoms with Crippen LogP contribution in [0.15, 0.2) is 18.3 Å². The van der Waals surface area contributed by atoms with Crippen LogP contribution in [0.2, 0.25) is 5.02 Å². The standard InChI is InChI=1S/C11H7ClFNO3/c1-17-11(16)10(15)6-4-14-9-3-7(12)8(13)2-5(6)9/h2-4,14H,1H3. The van der Waals surface area contributed by atoms with Crippen molar-refractivity contribution in [2.75, 3.05) is 7.11 Å². The number of esters is 1. The number of H-pyrrole nitrogens is 1. The predicted octanol–water partition coefficient (Wildman–Crippen LogP) is 2.32. The number of aromatic nitrogens is 1. The Kier molecular flexibility index (Phi) is 2.85. The molecule has 0 aliphatic heterocycles. The quantitative estimate of drug-likeness (QED) is 0.509. The van der Waals surface area contributed by atoms with E-state index in [0.29, 0.717) is 10.9 Å². The lowest BCUT2D eigenvalue weighted by Gasteiger charge is -1.98. The maximum absolute atomic E-state index is 13.3. The summed E-state index contributed by atoms with van der Waals surface area (Å²) < 4.78 is 17.6. The van der Waals surface area contributed by atoms with Gasteiger partial charge in [-0.2, -0.15) is 0 Å². The van der Waals surface area contributed by atoms with Gasteiger partial charge in [0.05, 0.1) is 17.7 Å². The van der Waals surface area contributed by atoms with Crippen LogP contribution in [-0.4, -0.2) is 23.8 Å². The van der Waals surface area contributed by atoms with Crippen molar-refractivity contribution in [2.24, 2.45) is 0 Å². The number of carbonyl (C=O) groups is 2. The summed E-state index contributed by atoms with van der Waals surface area (Å²) in [6.07, 6.45) is 1.32. The summed E-state index contributed by atoms with van der Waals surface area (Å²) in [7, 11) is 1.10. The number of ether oxygens (including phenoxy) is 1. The highest BCUT2D eigenvalue weighted by atomic mass is 35.5. The number of methoxy groups -OCH3 is 1. The van der Waals surface area contributed by atoms with E-state index in [1.807, 2.05) is 0 Å². The molecule has 0 aliphatic rings. The van der Waals surface area contributed by atoms with Gasteiger partial charge in [0.1, 0.15) is 5.82 Å². The number of nitrogens with one attached hydrogen (secondary N) is 1. The SMILES string of the molecule is COC(=O)C(=O)c1c[nH]c2cc(Cl)c(F)cc12. The third-order valence-electron chi connectivity index (χ3n) is 2.34. The monoisotopic (exact) mass is 255 g/mol. The Labute approximate surface area is 100 Å². The fraction of sp³-hybridized carbons (Fsp3) is 0.0909. The number of hydrogen-bond donors (Lipinski definition) is 1. The Morgan fingerprint density at radius 1 is 1.41 bits per heavy atom. The van der Waals surface area contributed by atoms with Gasteiger partial charge in [-0.25, -0.2) is 9.18 Å². The van der Waals surface area contributed by atoms with Crippen LogP contribution in [0.4, 0.5) is 4.39 Å². The van der Waals surface area contributed by atoms with Gasteiger partial charge in [-0.1, -0.05) is 11.6 Å². The lowest BCUT2D eigenvalue weighted by Crippen LogP contribution is -2.15. The van der Waals surface area contributed by atoms with Crippen LogP contribution in [0.3, 0.4) is 0 Å². The molecule has 1 aromatic carbocycles. The molecule has 0 bridgehead atoms. The summed E-state index contributed by atoms with van der Waals surface area (Å²) >= 11 is 5.59. The maximum Gasteiger partial charge on any atom is 0.379 e. The van der Waals surface area contributed by atoms with Gasteiger partial charge >= 0.3 is 5.97 Å². The molecule has 2 rings (SSSR count). The van der Waals surface area contributed by atoms with Gasteiger partial charge in [0, 0.05) is 17.1 Å². The number of fused-ring (bicyclic) bond motifs is 1. The van der Waals surface area contributed by atoms with Gasteiger partial charge in [0.25, 0.3) is 5.78 Å². The number of rotatable bonds is 2. The predicted molar refractivity (Wildman–Crippen MR) is 59.6 cm³/mol. The summed E-state index contributed by atoms with van der Waals surface area (Å²) in [6, 6.07) is 2.45. The molecular formula is C11H7ClFNO3. The van der Waals surface area contributed by atoms with E-state index in [0.717, 1.165) is 13.2 Å². The number of halogens is 2. The molecule has 0 amide bonds. The summed E-state index contributed by atoms with van der Waals surface area (Å²) in [5.74, 6) is -2.49. The molecule has 0 unspecified atom stereocenters. The lowest BCUT2D eigenvalue weighted by molar-refractivity contribution is -0.135. The molecule has 0 radical (unpaired) electrons. The van der Waals surface area contributed by atoms with Crippen molar-refractivity contribution in [1.29, 1.82) is 0 Å². The fourth-order valence-corrected chi connectivity index (χ4v) is 1.67. The molecule has 88 valence electrons. The van der Waals surface area contributed by atoms with E-state index in [1.165, 1.54) is 12.3 Å². The molecule has 1 aromatic heterocycles. The largest absolute Gasteiger partial charge is 0.463 e. The zero-order valence-electron chi connectivity index (χ0n) is 8.71. The highest BCUT2D eigenvalue weighted by Crippen LogP contribution is 2.25. The first-order valence-corrected chi connectivity index (χ1v) is 5.01. The van der Waals surface area contributed by atoms with E-state index in [2.05, 4.69) is 9.72 Å². The Hall–Kier alpha value is -1.88. The molecule has 0 aliphatic carbocycles. The Morgan fingerprint density at radius 2 is 2.12 bits per heavy atom. The molecule has 1 heterocycles. The summed E-state index contributed by atoms with van der Waals surface area (Å²) in [5.41, 5.74) is 0.533. The molecule has 17 heavy (non-hydrogen) atoms. The number of Topliss-reactive ketones (excluding diaryl/α,β-unsaturated/α-hetero) is 1. The first-order valence-electron chi connectivity index (χ1n) is 4.63. The van der Waals surface area contributed by atoms with Gasteiger partial charge in [-0.3, -0.25) is 4.79 Å². The van der Waals surface area contributed by atoms with Crippen LogP contribution in [0.25, 0.3) is 10.9 Å². The molecular weight excluding hydrogens is 249 g/mol. The van der Waals surface area contributed by atoms with E-state index >= 15 is 0 Å². The first kappa shape index (κ1) is 11.6. The van der Waals surface area contributed by atoms with Crippen molar-refractivity contribution >= 4 is 34.3 Å². The Morgan fingerprint density at radius 3 is 2.76 bits per heavy atom. The minimum absolute atomic E-state index is 0.0578. The van der Waals surface area contributed by atoms with Crippen molar-refractivity contribution in [2.45, 2.75) is 0 Å². The number of ketones is 1. The van der Waals surface area contributed by atoms with E-state index in [9.17, 15) is 14.0 Å². The first-order chi connectivity index (χ1) is 8.04. The smallest absolute Gasteiger partial charge is 0.379 e. The van der Waals surface area contributed by atoms with E-state index in [-0.39, 0.29) is 10.6 Å². The van der Waals surface area contributed by atoms with Gasteiger partial charge in [0.2, 0.25) is 0 Å². The van der Waals surface area contributed by atoms with Crippen LogP contribution in [-0.2, 0) is 9.53 Å². The summed E-state index contributed by atoms with van der Waals surface area (Å²) in [4.78, 5) is 25.4. The number of hydrogen-bond acceptors (Lipinski definition) is 3. The summed E-state index contributed by atoms with van der Waals surface area (Å²) in [6.45, 7) is 0. The van der Waals surface area contributed by atoms with Crippen molar-refractivity contribution in [3.63, 3.8) is 0 Å². The maximum atomic E-state index is 13.3. The second kappa shape index (κ2) is 4.18. The van der Waals surface area contributed by atoms with Crippen molar-refractivity contribution in [1.82, 2.24) is 4.98 Å². The molecule has 0 atom stereocenters. The van der Waals surface area contributed by atoms with Crippen LogP contribution < -0.4 is 0 Å². The number of carbonyl (C=O) groups excluding carboxylic acids is 2. The van der Waals surface area contributed by atoms with Gasteiger partial charge < -0.3 is 9.72 Å². The zero-order chi connectivity index (χ0) is 12.6. The summed E-state index contributed by atoms with van der Waals surface area (Å²) in [5, 5.41) is 0.235. The van der Waals surface area contributed by atoms with Gasteiger partial charge in [-0.05, 0) is 12.1 Å². The van der Waals surface area contributed by atoms with Crippen LogP contribution >= 0.6 is 11.6 Å². The normalized spacial score (nSPS) is 10.5. The van der Waals surface area contributed by atoms with Crippen LogP contribution in [0.1, 0.15) is 10.4 Å². The third kappa shape index (κ3) is 1.89. The molecule has 1 N–H and O–H groups in total. The average molecular weight is 256 g/mol. The minimum Gasteiger partial charge on any atom is -0.463 e. The molecule has 0 spiro atoms. The van der Waals surface area contributed by atoms with Crippen LogP contribution in [0.5, 0.6) is 0 Å². The van der Waals surface area contributed by atoms with Crippen molar-refractivity contribution < 1.29 is 18.7 Å². The average Bonchev–Trinajstić information content (AvgIpc) is 2.70. The Bertz CT molecular complexity index is 620. The van der Waals surface area contributed by atoms with Crippen molar-refractivity contribution in [3.8, 4) is 0 Å². The molecule has 2 aromatic rings. The van der Waals surface area contributed by atoms with E-state index in [1.54, 1.807) is 0 Å². The second-order valence-corrected chi connectivity index (χ2v) is 3.74. The van der Waals surface area contributed by atoms with Crippen LogP contribution in [0, 0.1) is 5.82 Å². The molecule has 0 saturated carbocycles. The minimum atomic E-state index is -0.999. The number of benzene rings is 1. The second-order valence-electron chi connectivity index (χ2n) is 3.33. The van der Waals surface area contributed by atoms with E-state index < -0.39 is 17.6 Å². The zero-order valence-corrected chi connectivity index (χ0v) is 9.47. The lowest BCUT2D eigenvalue weighted by atomic mass is 10.1. The van der Waals surface area contributed by atoms with Crippen molar-refractivity contribution in [3.05, 3.63) is 34.7 Å². The van der Waals surface area contributed by atoms with Gasteiger partial charge in [0.15, 0.2) is 0 Å². The molecule has 0 fully saturated rings. The fourth-order valence-electron chi connectivity index (χ4n) is 1.51. The van der Waals surface area contributed by atoms with E-state index in [4.69, 9.17) is 11.6 Å². The molecule has 4 nitrogen and oxygen atoms in total. The highest BCUT2D eigenvalue weighted by Gasteiger charge is 2.21. The van der Waals surface area contributed by atoms with Gasteiger partial charge in [-0.15, -0.1) is 0 Å². The highest BCUT2D eigenvalue weighted by molar-refractivity contribution is 6.43. The molecule has 6 heteroatoms. The number of aromatic amines is 1. The topological polar surface area (TPSA) is 59.2 Å². The third-order valence-corrected chi connectivity index (χ3v) is 2.63.